The number of rotatable bonds is 9. The molecule has 1 heteroatoms. The van der Waals surface area contributed by atoms with E-state index in [0.717, 1.165) is 28.2 Å². The summed E-state index contributed by atoms with van der Waals surface area (Å²) in [6, 6.07) is 94.7. The van der Waals surface area contributed by atoms with Crippen LogP contribution in [0.4, 0.5) is 17.1 Å². The van der Waals surface area contributed by atoms with Crippen LogP contribution in [0.15, 0.2) is 261 Å². The highest BCUT2D eigenvalue weighted by Crippen LogP contribution is 2.47. The van der Waals surface area contributed by atoms with Gasteiger partial charge in [0.05, 0.1) is 5.69 Å². The zero-order valence-corrected chi connectivity index (χ0v) is 34.8. The highest BCUT2D eigenvalue weighted by atomic mass is 15.1. The highest BCUT2D eigenvalue weighted by Gasteiger charge is 2.21. The predicted molar refractivity (Wildman–Crippen MR) is 269 cm³/mol. The lowest BCUT2D eigenvalue weighted by atomic mass is 9.89. The van der Waals surface area contributed by atoms with Gasteiger partial charge in [-0.1, -0.05) is 231 Å². The van der Waals surface area contributed by atoms with Gasteiger partial charge in [0, 0.05) is 16.9 Å². The van der Waals surface area contributed by atoms with E-state index in [2.05, 4.69) is 266 Å². The van der Waals surface area contributed by atoms with Crippen LogP contribution < -0.4 is 4.90 Å². The van der Waals surface area contributed by atoms with Gasteiger partial charge in [-0.3, -0.25) is 0 Å². The molecular weight excluding hydrogens is 759 g/mol. The second-order valence-electron chi connectivity index (χ2n) is 16.1. The third kappa shape index (κ3) is 7.37. The smallest absolute Gasteiger partial charge is 0.0546 e. The highest BCUT2D eigenvalue weighted by molar-refractivity contribution is 6.08. The number of fused-ring (bicyclic) bond motifs is 2. The molecule has 0 aliphatic carbocycles. The molecule has 0 aliphatic rings. The van der Waals surface area contributed by atoms with Crippen molar-refractivity contribution < 1.29 is 0 Å². The van der Waals surface area contributed by atoms with Crippen LogP contribution in [-0.2, 0) is 0 Å². The van der Waals surface area contributed by atoms with E-state index in [0.29, 0.717) is 0 Å². The summed E-state index contributed by atoms with van der Waals surface area (Å²) < 4.78 is 0. The molecular formula is C62H43N. The van der Waals surface area contributed by atoms with Crippen LogP contribution in [0.3, 0.4) is 0 Å². The van der Waals surface area contributed by atoms with Gasteiger partial charge >= 0.3 is 0 Å². The monoisotopic (exact) mass is 801 g/mol. The van der Waals surface area contributed by atoms with E-state index in [1.807, 2.05) is 0 Å². The molecule has 11 rings (SSSR count). The zero-order chi connectivity index (χ0) is 42.0. The Morgan fingerprint density at radius 2 is 0.571 bits per heavy atom. The van der Waals surface area contributed by atoms with Gasteiger partial charge < -0.3 is 4.90 Å². The summed E-state index contributed by atoms with van der Waals surface area (Å²) in [5.74, 6) is 0. The van der Waals surface area contributed by atoms with Crippen LogP contribution in [-0.4, -0.2) is 0 Å². The van der Waals surface area contributed by atoms with Gasteiger partial charge in [-0.15, -0.1) is 0 Å². The molecule has 11 aromatic carbocycles. The maximum Gasteiger partial charge on any atom is 0.0546 e. The summed E-state index contributed by atoms with van der Waals surface area (Å²) >= 11 is 0. The second-order valence-corrected chi connectivity index (χ2v) is 16.1. The first-order valence-electron chi connectivity index (χ1n) is 21.7. The van der Waals surface area contributed by atoms with Crippen molar-refractivity contribution in [3.63, 3.8) is 0 Å². The van der Waals surface area contributed by atoms with E-state index in [4.69, 9.17) is 0 Å². The molecule has 296 valence electrons. The molecule has 0 heterocycles. The number of benzene rings is 11. The van der Waals surface area contributed by atoms with Crippen molar-refractivity contribution in [2.24, 2.45) is 0 Å². The quantitative estimate of drug-likeness (QED) is 0.141. The number of hydrogen-bond donors (Lipinski definition) is 0. The van der Waals surface area contributed by atoms with Crippen LogP contribution in [0.25, 0.3) is 88.3 Å². The van der Waals surface area contributed by atoms with Gasteiger partial charge in [0.15, 0.2) is 0 Å². The van der Waals surface area contributed by atoms with Gasteiger partial charge in [-0.2, -0.15) is 0 Å². The summed E-state index contributed by atoms with van der Waals surface area (Å²) in [5, 5.41) is 4.90. The average molecular weight is 802 g/mol. The summed E-state index contributed by atoms with van der Waals surface area (Å²) in [7, 11) is 0. The van der Waals surface area contributed by atoms with Crippen LogP contribution >= 0.6 is 0 Å². The molecule has 0 aromatic heterocycles. The standard InChI is InChI=1S/C62H43N/c1-4-15-44(16-5-1)46-27-29-47(30-28-46)49-33-38-54(39-34-49)63(53-36-31-48(32-37-53)45-17-6-2-7-18-45)62-43-52(56-26-14-22-51-21-10-11-23-55(51)56)35-40-61(62)60-42-41-57(50-19-8-3-9-20-50)58-24-12-13-25-59(58)60/h1-43H. The van der Waals surface area contributed by atoms with Crippen LogP contribution in [0.2, 0.25) is 0 Å². The van der Waals surface area contributed by atoms with Crippen molar-refractivity contribution in [1.82, 2.24) is 0 Å². The molecule has 11 aromatic rings. The largest absolute Gasteiger partial charge is 0.310 e. The molecule has 0 saturated carbocycles. The topological polar surface area (TPSA) is 3.24 Å². The fourth-order valence-corrected chi connectivity index (χ4v) is 9.14. The minimum atomic E-state index is 1.08. The van der Waals surface area contributed by atoms with Crippen LogP contribution in [0.5, 0.6) is 0 Å². The molecule has 0 spiro atoms. The lowest BCUT2D eigenvalue weighted by molar-refractivity contribution is 1.28. The SMILES string of the molecule is c1ccc(-c2ccc(-c3ccc(N(c4ccc(-c5ccccc5)cc4)c4cc(-c5cccc6ccccc56)ccc4-c4ccc(-c5ccccc5)c5ccccc45)cc3)cc2)cc1. The Morgan fingerprint density at radius 1 is 0.206 bits per heavy atom. The molecule has 0 aliphatic heterocycles. The van der Waals surface area contributed by atoms with E-state index >= 15 is 0 Å². The average Bonchev–Trinajstić information content (AvgIpc) is 3.37. The first kappa shape index (κ1) is 37.7. The minimum Gasteiger partial charge on any atom is -0.310 e. The predicted octanol–water partition coefficient (Wildman–Crippen LogP) is 17.5. The fourth-order valence-electron chi connectivity index (χ4n) is 9.14. The Bertz CT molecular complexity index is 3330. The van der Waals surface area contributed by atoms with Gasteiger partial charge in [-0.05, 0) is 113 Å². The van der Waals surface area contributed by atoms with Crippen molar-refractivity contribution in [3.05, 3.63) is 261 Å². The molecule has 0 atom stereocenters. The first-order valence-corrected chi connectivity index (χ1v) is 21.7. The van der Waals surface area contributed by atoms with Crippen molar-refractivity contribution in [2.75, 3.05) is 4.90 Å². The molecule has 0 amide bonds. The van der Waals surface area contributed by atoms with Crippen LogP contribution in [0.1, 0.15) is 0 Å². The number of nitrogens with zero attached hydrogens (tertiary/aromatic N) is 1. The normalized spacial score (nSPS) is 11.2. The van der Waals surface area contributed by atoms with Gasteiger partial charge in [-0.25, -0.2) is 0 Å². The van der Waals surface area contributed by atoms with E-state index in [-0.39, 0.29) is 0 Å². The first-order chi connectivity index (χ1) is 31.2. The van der Waals surface area contributed by atoms with Crippen molar-refractivity contribution in [1.29, 1.82) is 0 Å². The maximum absolute atomic E-state index is 2.45. The molecule has 0 saturated heterocycles. The van der Waals surface area contributed by atoms with Gasteiger partial charge in [0.2, 0.25) is 0 Å². The van der Waals surface area contributed by atoms with E-state index < -0.39 is 0 Å². The molecule has 0 radical (unpaired) electrons. The third-order valence-electron chi connectivity index (χ3n) is 12.3. The summed E-state index contributed by atoms with van der Waals surface area (Å²) in [6.45, 7) is 0. The molecule has 1 nitrogen and oxygen atoms in total. The van der Waals surface area contributed by atoms with E-state index in [9.17, 15) is 0 Å². The number of anilines is 3. The fraction of sp³-hybridized carbons (Fsp3) is 0. The Morgan fingerprint density at radius 3 is 1.13 bits per heavy atom. The van der Waals surface area contributed by atoms with Gasteiger partial charge in [0.25, 0.3) is 0 Å². The van der Waals surface area contributed by atoms with Crippen molar-refractivity contribution >= 4 is 38.6 Å². The van der Waals surface area contributed by atoms with E-state index in [1.165, 1.54) is 77.2 Å². The molecule has 0 fully saturated rings. The Balaban J connectivity index is 1.11. The maximum atomic E-state index is 2.45. The summed E-state index contributed by atoms with van der Waals surface area (Å²) in [5.41, 5.74) is 17.6. The zero-order valence-electron chi connectivity index (χ0n) is 34.8. The number of hydrogen-bond acceptors (Lipinski definition) is 1. The Kier molecular flexibility index (Phi) is 9.97. The Labute approximate surface area is 369 Å². The lowest BCUT2D eigenvalue weighted by Gasteiger charge is -2.29. The molecule has 0 bridgehead atoms. The van der Waals surface area contributed by atoms with Crippen LogP contribution in [0, 0.1) is 0 Å². The van der Waals surface area contributed by atoms with Crippen molar-refractivity contribution in [2.45, 2.75) is 0 Å². The summed E-state index contributed by atoms with van der Waals surface area (Å²) in [6.07, 6.45) is 0. The molecule has 0 unspecified atom stereocenters. The minimum absolute atomic E-state index is 1.08. The van der Waals surface area contributed by atoms with Gasteiger partial charge in [0.1, 0.15) is 0 Å². The van der Waals surface area contributed by atoms with E-state index in [1.54, 1.807) is 0 Å². The second kappa shape index (κ2) is 16.7. The molecule has 63 heavy (non-hydrogen) atoms. The Hall–Kier alpha value is -8.26. The van der Waals surface area contributed by atoms with Crippen molar-refractivity contribution in [3.8, 4) is 66.8 Å². The third-order valence-corrected chi connectivity index (χ3v) is 12.3. The lowest BCUT2D eigenvalue weighted by Crippen LogP contribution is -2.11. The summed E-state index contributed by atoms with van der Waals surface area (Å²) in [4.78, 5) is 2.45. The molecule has 0 N–H and O–H groups in total.